The second-order valence-corrected chi connectivity index (χ2v) is 3.91. The highest BCUT2D eigenvalue weighted by molar-refractivity contribution is 4.81. The van der Waals surface area contributed by atoms with Gasteiger partial charge in [0.1, 0.15) is 0 Å². The molecule has 78 valence electrons. The Balaban J connectivity index is 2.27. The lowest BCUT2D eigenvalue weighted by Gasteiger charge is -2.36. The molecular formula is C10H22N2O. The van der Waals surface area contributed by atoms with Crippen molar-refractivity contribution in [2.75, 3.05) is 33.4 Å². The lowest BCUT2D eigenvalue weighted by atomic mass is 9.91. The number of likely N-dealkylation sites (tertiary alicyclic amines) is 1. The summed E-state index contributed by atoms with van der Waals surface area (Å²) in [7, 11) is 1.76. The minimum absolute atomic E-state index is 0.420. The maximum atomic E-state index is 6.02. The lowest BCUT2D eigenvalue weighted by molar-refractivity contribution is 0.104. The van der Waals surface area contributed by atoms with Crippen LogP contribution in [0.3, 0.4) is 0 Å². The van der Waals surface area contributed by atoms with E-state index in [4.69, 9.17) is 10.5 Å². The SMILES string of the molecule is CCC1CN(CCOC)CCC1N. The molecule has 0 saturated carbocycles. The maximum absolute atomic E-state index is 6.02. The molecule has 0 aromatic heterocycles. The van der Waals surface area contributed by atoms with Crippen LogP contribution in [0, 0.1) is 5.92 Å². The van der Waals surface area contributed by atoms with Gasteiger partial charge in [-0.05, 0) is 18.9 Å². The number of hydrogen-bond donors (Lipinski definition) is 1. The maximum Gasteiger partial charge on any atom is 0.0589 e. The fourth-order valence-electron chi connectivity index (χ4n) is 1.98. The van der Waals surface area contributed by atoms with E-state index >= 15 is 0 Å². The lowest BCUT2D eigenvalue weighted by Crippen LogP contribution is -2.47. The molecule has 1 aliphatic heterocycles. The molecule has 1 fully saturated rings. The van der Waals surface area contributed by atoms with E-state index in [-0.39, 0.29) is 0 Å². The van der Waals surface area contributed by atoms with E-state index in [0.29, 0.717) is 12.0 Å². The largest absolute Gasteiger partial charge is 0.383 e. The molecule has 1 saturated heterocycles. The quantitative estimate of drug-likeness (QED) is 0.702. The monoisotopic (exact) mass is 186 g/mol. The predicted octanol–water partition coefficient (Wildman–Crippen LogP) is 0.692. The molecule has 2 N–H and O–H groups in total. The number of ether oxygens (including phenoxy) is 1. The number of methoxy groups -OCH3 is 1. The smallest absolute Gasteiger partial charge is 0.0589 e. The number of hydrogen-bond acceptors (Lipinski definition) is 3. The molecule has 0 bridgehead atoms. The van der Waals surface area contributed by atoms with E-state index in [2.05, 4.69) is 11.8 Å². The first-order valence-corrected chi connectivity index (χ1v) is 5.24. The molecule has 1 rings (SSSR count). The third kappa shape index (κ3) is 3.25. The zero-order chi connectivity index (χ0) is 9.68. The Morgan fingerprint density at radius 2 is 2.31 bits per heavy atom. The summed E-state index contributed by atoms with van der Waals surface area (Å²) in [5.41, 5.74) is 6.02. The van der Waals surface area contributed by atoms with Crippen LogP contribution in [0.4, 0.5) is 0 Å². The van der Waals surface area contributed by atoms with E-state index in [0.717, 1.165) is 32.7 Å². The van der Waals surface area contributed by atoms with Gasteiger partial charge in [-0.3, -0.25) is 0 Å². The molecule has 0 aromatic carbocycles. The summed E-state index contributed by atoms with van der Waals surface area (Å²) >= 11 is 0. The highest BCUT2D eigenvalue weighted by Crippen LogP contribution is 2.17. The summed E-state index contributed by atoms with van der Waals surface area (Å²) in [4.78, 5) is 2.46. The summed E-state index contributed by atoms with van der Waals surface area (Å²) in [5, 5.41) is 0. The van der Waals surface area contributed by atoms with Crippen molar-refractivity contribution in [3.63, 3.8) is 0 Å². The van der Waals surface area contributed by atoms with E-state index in [1.165, 1.54) is 6.42 Å². The van der Waals surface area contributed by atoms with Crippen molar-refractivity contribution in [2.45, 2.75) is 25.8 Å². The summed E-state index contributed by atoms with van der Waals surface area (Å²) in [6.45, 7) is 6.41. The van der Waals surface area contributed by atoms with Gasteiger partial charge in [-0.1, -0.05) is 13.3 Å². The Morgan fingerprint density at radius 1 is 1.54 bits per heavy atom. The van der Waals surface area contributed by atoms with Crippen molar-refractivity contribution in [3.05, 3.63) is 0 Å². The van der Waals surface area contributed by atoms with Crippen LogP contribution >= 0.6 is 0 Å². The molecule has 3 nitrogen and oxygen atoms in total. The summed E-state index contributed by atoms with van der Waals surface area (Å²) in [6, 6.07) is 0.420. The van der Waals surface area contributed by atoms with E-state index < -0.39 is 0 Å². The molecule has 3 heteroatoms. The summed E-state index contributed by atoms with van der Waals surface area (Å²) in [6.07, 6.45) is 2.34. The van der Waals surface area contributed by atoms with Gasteiger partial charge < -0.3 is 15.4 Å². The second kappa shape index (κ2) is 5.58. The number of nitrogens with two attached hydrogens (primary N) is 1. The first-order valence-electron chi connectivity index (χ1n) is 5.24. The van der Waals surface area contributed by atoms with Gasteiger partial charge in [-0.2, -0.15) is 0 Å². The first kappa shape index (κ1) is 11.0. The van der Waals surface area contributed by atoms with Crippen LogP contribution in [-0.2, 0) is 4.74 Å². The zero-order valence-electron chi connectivity index (χ0n) is 8.83. The van der Waals surface area contributed by atoms with E-state index in [1.807, 2.05) is 0 Å². The Morgan fingerprint density at radius 3 is 2.92 bits per heavy atom. The average molecular weight is 186 g/mol. The number of nitrogens with zero attached hydrogens (tertiary/aromatic N) is 1. The molecule has 0 aliphatic carbocycles. The Hall–Kier alpha value is -0.120. The number of piperidine rings is 1. The average Bonchev–Trinajstić information content (AvgIpc) is 2.16. The van der Waals surface area contributed by atoms with Crippen LogP contribution in [0.1, 0.15) is 19.8 Å². The Labute approximate surface area is 81.2 Å². The molecule has 1 aliphatic rings. The molecule has 2 atom stereocenters. The van der Waals surface area contributed by atoms with Gasteiger partial charge in [0.2, 0.25) is 0 Å². The Kier molecular flexibility index (Phi) is 4.70. The van der Waals surface area contributed by atoms with Gasteiger partial charge in [-0.15, -0.1) is 0 Å². The van der Waals surface area contributed by atoms with E-state index in [1.54, 1.807) is 7.11 Å². The normalized spacial score (nSPS) is 30.7. The summed E-state index contributed by atoms with van der Waals surface area (Å²) in [5.74, 6) is 0.686. The van der Waals surface area contributed by atoms with Crippen LogP contribution in [0.2, 0.25) is 0 Å². The fourth-order valence-corrected chi connectivity index (χ4v) is 1.98. The topological polar surface area (TPSA) is 38.5 Å². The van der Waals surface area contributed by atoms with Crippen molar-refractivity contribution in [1.29, 1.82) is 0 Å². The second-order valence-electron chi connectivity index (χ2n) is 3.91. The molecular weight excluding hydrogens is 164 g/mol. The van der Waals surface area contributed by atoms with Gasteiger partial charge >= 0.3 is 0 Å². The third-order valence-electron chi connectivity index (χ3n) is 3.01. The highest BCUT2D eigenvalue weighted by Gasteiger charge is 2.24. The standard InChI is InChI=1S/C10H22N2O/c1-3-9-8-12(6-7-13-2)5-4-10(9)11/h9-10H,3-8,11H2,1-2H3. The zero-order valence-corrected chi connectivity index (χ0v) is 8.83. The van der Waals surface area contributed by atoms with Crippen LogP contribution in [0.25, 0.3) is 0 Å². The van der Waals surface area contributed by atoms with Crippen molar-refractivity contribution in [2.24, 2.45) is 11.7 Å². The van der Waals surface area contributed by atoms with Gasteiger partial charge in [0.25, 0.3) is 0 Å². The fraction of sp³-hybridized carbons (Fsp3) is 1.00. The third-order valence-corrected chi connectivity index (χ3v) is 3.01. The van der Waals surface area contributed by atoms with Crippen molar-refractivity contribution in [1.82, 2.24) is 4.90 Å². The van der Waals surface area contributed by atoms with Crippen LogP contribution < -0.4 is 5.73 Å². The molecule has 0 aromatic rings. The molecule has 0 spiro atoms. The molecule has 13 heavy (non-hydrogen) atoms. The van der Waals surface area contributed by atoms with Gasteiger partial charge in [0.05, 0.1) is 6.61 Å². The van der Waals surface area contributed by atoms with Gasteiger partial charge in [0, 0.05) is 26.2 Å². The highest BCUT2D eigenvalue weighted by atomic mass is 16.5. The Bertz CT molecular complexity index is 139. The molecule has 0 amide bonds. The molecule has 1 heterocycles. The number of rotatable bonds is 4. The van der Waals surface area contributed by atoms with Crippen LogP contribution in [-0.4, -0.2) is 44.3 Å². The minimum Gasteiger partial charge on any atom is -0.383 e. The van der Waals surface area contributed by atoms with Crippen LogP contribution in [0.15, 0.2) is 0 Å². The van der Waals surface area contributed by atoms with Gasteiger partial charge in [0.15, 0.2) is 0 Å². The van der Waals surface area contributed by atoms with Crippen LogP contribution in [0.5, 0.6) is 0 Å². The van der Waals surface area contributed by atoms with Crippen molar-refractivity contribution < 1.29 is 4.74 Å². The van der Waals surface area contributed by atoms with Gasteiger partial charge in [-0.25, -0.2) is 0 Å². The molecule has 2 unspecified atom stereocenters. The predicted molar refractivity (Wildman–Crippen MR) is 54.7 cm³/mol. The first-order chi connectivity index (χ1) is 6.27. The van der Waals surface area contributed by atoms with Crippen molar-refractivity contribution in [3.8, 4) is 0 Å². The summed E-state index contributed by atoms with van der Waals surface area (Å²) < 4.78 is 5.07. The molecule has 0 radical (unpaired) electrons. The van der Waals surface area contributed by atoms with E-state index in [9.17, 15) is 0 Å². The van der Waals surface area contributed by atoms with Crippen molar-refractivity contribution >= 4 is 0 Å². The minimum atomic E-state index is 0.420.